The van der Waals surface area contributed by atoms with Crippen molar-refractivity contribution in [2.24, 2.45) is 0 Å². The number of esters is 1. The minimum absolute atomic E-state index is 0.162. The number of aromatic nitrogens is 1. The van der Waals surface area contributed by atoms with Gasteiger partial charge in [0.05, 0.1) is 34.3 Å². The van der Waals surface area contributed by atoms with Crippen molar-refractivity contribution >= 4 is 56.6 Å². The third-order valence-corrected chi connectivity index (χ3v) is 7.29. The van der Waals surface area contributed by atoms with Crippen LogP contribution in [0.25, 0.3) is 22.2 Å². The Morgan fingerprint density at radius 2 is 1.64 bits per heavy atom. The molecular weight excluding hydrogens is 498 g/mol. The van der Waals surface area contributed by atoms with Gasteiger partial charge in [0.1, 0.15) is 5.00 Å². The molecule has 0 spiro atoms. The molecule has 0 bridgehead atoms. The first-order valence-electron chi connectivity index (χ1n) is 11.0. The number of fused-ring (bicyclic) bond motifs is 1. The van der Waals surface area contributed by atoms with Crippen LogP contribution in [0.5, 0.6) is 0 Å². The zero-order valence-corrected chi connectivity index (χ0v) is 22.0. The number of carbonyl (C=O) groups is 3. The average molecular weight is 522 g/mol. The number of anilines is 1. The highest BCUT2D eigenvalue weighted by atomic mass is 35.5. The predicted molar refractivity (Wildman–Crippen MR) is 143 cm³/mol. The van der Waals surface area contributed by atoms with Crippen LogP contribution in [0.4, 0.5) is 5.00 Å². The maximum Gasteiger partial charge on any atom is 0.341 e. The van der Waals surface area contributed by atoms with Crippen molar-refractivity contribution in [3.63, 3.8) is 0 Å². The number of hydrogen-bond donors (Lipinski definition) is 1. The lowest BCUT2D eigenvalue weighted by Gasteiger charge is -2.15. The Hall–Kier alpha value is -3.75. The molecule has 9 heteroatoms. The molecule has 0 aliphatic heterocycles. The minimum Gasteiger partial charge on any atom is -0.465 e. The van der Waals surface area contributed by atoms with Gasteiger partial charge in [-0.15, -0.1) is 11.3 Å². The van der Waals surface area contributed by atoms with Gasteiger partial charge in [0.15, 0.2) is 0 Å². The second-order valence-corrected chi connectivity index (χ2v) is 9.85. The predicted octanol–water partition coefficient (Wildman–Crippen LogP) is 5.97. The number of para-hydroxylation sites is 1. The SMILES string of the molecule is COC(=O)c1c(NC(=O)c2c(C)c(-c3ccc(Cl)cc3)nc3ccccc23)sc(C(=O)N(C)C)c1C. The van der Waals surface area contributed by atoms with Crippen molar-refractivity contribution < 1.29 is 19.1 Å². The largest absolute Gasteiger partial charge is 0.465 e. The molecule has 4 aromatic rings. The van der Waals surface area contributed by atoms with Gasteiger partial charge in [0.25, 0.3) is 11.8 Å². The smallest absolute Gasteiger partial charge is 0.341 e. The molecule has 0 aliphatic carbocycles. The Bertz CT molecular complexity index is 1510. The number of nitrogens with one attached hydrogen (secondary N) is 1. The molecule has 7 nitrogen and oxygen atoms in total. The Kier molecular flexibility index (Phi) is 7.10. The molecule has 0 aliphatic rings. The summed E-state index contributed by atoms with van der Waals surface area (Å²) >= 11 is 7.12. The van der Waals surface area contributed by atoms with Crippen LogP contribution in [0.1, 0.15) is 41.5 Å². The van der Waals surface area contributed by atoms with Crippen molar-refractivity contribution in [3.05, 3.63) is 80.7 Å². The van der Waals surface area contributed by atoms with Gasteiger partial charge in [-0.05, 0) is 43.2 Å². The number of halogens is 1. The highest BCUT2D eigenvalue weighted by Crippen LogP contribution is 2.36. The molecule has 1 N–H and O–H groups in total. The third-order valence-electron chi connectivity index (χ3n) is 5.84. The molecule has 2 aromatic carbocycles. The summed E-state index contributed by atoms with van der Waals surface area (Å²) in [6.45, 7) is 3.50. The molecule has 0 unspecified atom stereocenters. The summed E-state index contributed by atoms with van der Waals surface area (Å²) in [6.07, 6.45) is 0. The number of methoxy groups -OCH3 is 1. The van der Waals surface area contributed by atoms with E-state index in [1.54, 1.807) is 33.2 Å². The molecule has 36 heavy (non-hydrogen) atoms. The van der Waals surface area contributed by atoms with Crippen LogP contribution in [-0.4, -0.2) is 48.9 Å². The van der Waals surface area contributed by atoms with E-state index in [2.05, 4.69) is 5.32 Å². The summed E-state index contributed by atoms with van der Waals surface area (Å²) in [5.41, 5.74) is 3.83. The number of carbonyl (C=O) groups excluding carboxylic acids is 3. The summed E-state index contributed by atoms with van der Waals surface area (Å²) in [6, 6.07) is 14.6. The van der Waals surface area contributed by atoms with Crippen LogP contribution in [0, 0.1) is 13.8 Å². The number of nitrogens with zero attached hydrogens (tertiary/aromatic N) is 2. The van der Waals surface area contributed by atoms with Crippen molar-refractivity contribution in [3.8, 4) is 11.3 Å². The quantitative estimate of drug-likeness (QED) is 0.327. The van der Waals surface area contributed by atoms with Gasteiger partial charge in [-0.1, -0.05) is 41.9 Å². The number of benzene rings is 2. The molecule has 4 rings (SSSR count). The minimum atomic E-state index is -0.630. The first-order valence-corrected chi connectivity index (χ1v) is 12.2. The van der Waals surface area contributed by atoms with Gasteiger partial charge < -0.3 is 15.0 Å². The Labute approximate surface area is 217 Å². The molecule has 0 saturated heterocycles. The summed E-state index contributed by atoms with van der Waals surface area (Å²) in [4.78, 5) is 45.7. The summed E-state index contributed by atoms with van der Waals surface area (Å²) < 4.78 is 4.95. The first kappa shape index (κ1) is 25.3. The lowest BCUT2D eigenvalue weighted by atomic mass is 9.97. The molecular formula is C27H24ClN3O4S. The maximum atomic E-state index is 13.8. The van der Waals surface area contributed by atoms with Crippen LogP contribution in [0.2, 0.25) is 5.02 Å². The Balaban J connectivity index is 1.87. The third kappa shape index (κ3) is 4.57. The van der Waals surface area contributed by atoms with E-state index >= 15 is 0 Å². The molecule has 0 radical (unpaired) electrons. The van der Waals surface area contributed by atoms with Gasteiger partial charge >= 0.3 is 5.97 Å². The normalized spacial score (nSPS) is 10.8. The van der Waals surface area contributed by atoms with Crippen LogP contribution in [0.3, 0.4) is 0 Å². The fourth-order valence-corrected chi connectivity index (χ4v) is 5.35. The second-order valence-electron chi connectivity index (χ2n) is 8.39. The van der Waals surface area contributed by atoms with Crippen molar-refractivity contribution in [2.45, 2.75) is 13.8 Å². The number of rotatable bonds is 5. The molecule has 2 aromatic heterocycles. The fourth-order valence-electron chi connectivity index (χ4n) is 4.01. The highest BCUT2D eigenvalue weighted by molar-refractivity contribution is 7.18. The van der Waals surface area contributed by atoms with Gasteiger partial charge in [0.2, 0.25) is 0 Å². The summed E-state index contributed by atoms with van der Waals surface area (Å²) in [7, 11) is 4.52. The molecule has 2 amide bonds. The van der Waals surface area contributed by atoms with Crippen LogP contribution in [-0.2, 0) is 4.74 Å². The van der Waals surface area contributed by atoms with E-state index in [4.69, 9.17) is 21.3 Å². The van der Waals surface area contributed by atoms with Crippen LogP contribution < -0.4 is 5.32 Å². The van der Waals surface area contributed by atoms with Crippen molar-refractivity contribution in [1.82, 2.24) is 9.88 Å². The summed E-state index contributed by atoms with van der Waals surface area (Å²) in [5.74, 6) is -1.31. The first-order chi connectivity index (χ1) is 17.1. The molecule has 0 fully saturated rings. The number of hydrogen-bond acceptors (Lipinski definition) is 6. The Morgan fingerprint density at radius 3 is 2.28 bits per heavy atom. The van der Waals surface area contributed by atoms with Crippen molar-refractivity contribution in [2.75, 3.05) is 26.5 Å². The molecule has 0 saturated carbocycles. The number of pyridine rings is 1. The monoisotopic (exact) mass is 521 g/mol. The van der Waals surface area contributed by atoms with Crippen molar-refractivity contribution in [1.29, 1.82) is 0 Å². The lowest BCUT2D eigenvalue weighted by Crippen LogP contribution is -2.21. The number of ether oxygens (including phenoxy) is 1. The number of thiophene rings is 1. The van der Waals surface area contributed by atoms with Crippen LogP contribution in [0.15, 0.2) is 48.5 Å². The standard InChI is InChI=1S/C27H24ClN3O4S/c1-14-20(18-8-6-7-9-19(18)29-22(14)16-10-12-17(28)13-11-16)24(32)30-25-21(27(34)35-5)15(2)23(36-25)26(33)31(3)4/h6-13H,1-5H3,(H,30,32). The molecule has 0 atom stereocenters. The highest BCUT2D eigenvalue weighted by Gasteiger charge is 2.28. The second kappa shape index (κ2) is 10.1. The summed E-state index contributed by atoms with van der Waals surface area (Å²) in [5, 5.41) is 4.40. The fraction of sp³-hybridized carbons (Fsp3) is 0.185. The van der Waals surface area contributed by atoms with E-state index in [0.29, 0.717) is 43.2 Å². The van der Waals surface area contributed by atoms with E-state index in [0.717, 1.165) is 16.9 Å². The lowest BCUT2D eigenvalue weighted by molar-refractivity contribution is 0.0601. The topological polar surface area (TPSA) is 88.6 Å². The van der Waals surface area contributed by atoms with E-state index < -0.39 is 11.9 Å². The zero-order valence-electron chi connectivity index (χ0n) is 20.4. The molecule has 2 heterocycles. The number of amides is 2. The van der Waals surface area contributed by atoms with E-state index in [9.17, 15) is 14.4 Å². The maximum absolute atomic E-state index is 13.8. The van der Waals surface area contributed by atoms with E-state index in [1.807, 2.05) is 43.3 Å². The van der Waals surface area contributed by atoms with E-state index in [-0.39, 0.29) is 16.5 Å². The zero-order chi connectivity index (χ0) is 26.1. The van der Waals surface area contributed by atoms with E-state index in [1.165, 1.54) is 12.0 Å². The molecule has 184 valence electrons. The van der Waals surface area contributed by atoms with Gasteiger partial charge in [-0.25, -0.2) is 9.78 Å². The van der Waals surface area contributed by atoms with Gasteiger partial charge in [0, 0.05) is 30.1 Å². The van der Waals surface area contributed by atoms with Gasteiger partial charge in [-0.3, -0.25) is 9.59 Å². The van der Waals surface area contributed by atoms with Gasteiger partial charge in [-0.2, -0.15) is 0 Å². The average Bonchev–Trinajstić information content (AvgIpc) is 3.18. The van der Waals surface area contributed by atoms with Crippen LogP contribution >= 0.6 is 22.9 Å². The Morgan fingerprint density at radius 1 is 0.972 bits per heavy atom.